The summed E-state index contributed by atoms with van der Waals surface area (Å²) in [7, 11) is 0. The third-order valence-corrected chi connectivity index (χ3v) is 4.58. The van der Waals surface area contributed by atoms with Crippen LogP contribution in [0.4, 0.5) is 0 Å². The summed E-state index contributed by atoms with van der Waals surface area (Å²) in [6, 6.07) is 3.46. The van der Waals surface area contributed by atoms with E-state index in [-0.39, 0.29) is 17.3 Å². The van der Waals surface area contributed by atoms with E-state index in [1.165, 1.54) is 13.2 Å². The Morgan fingerprint density at radius 1 is 1.20 bits per heavy atom. The first kappa shape index (κ1) is 15.5. The second-order valence-corrected chi connectivity index (χ2v) is 6.21. The topological polar surface area (TPSA) is 80.0 Å². The zero-order valence-corrected chi connectivity index (χ0v) is 13.7. The summed E-state index contributed by atoms with van der Waals surface area (Å²) >= 11 is 0. The van der Waals surface area contributed by atoms with Gasteiger partial charge in [0.2, 0.25) is 11.5 Å². The summed E-state index contributed by atoms with van der Waals surface area (Å²) in [5.41, 5.74) is 1.28. The van der Waals surface area contributed by atoms with Crippen molar-refractivity contribution in [2.75, 3.05) is 13.1 Å². The molecule has 1 aromatic heterocycles. The molecule has 0 bridgehead atoms. The molecule has 1 aromatic rings. The fraction of sp³-hybridized carbons (Fsp3) is 0.263. The van der Waals surface area contributed by atoms with Crippen LogP contribution >= 0.6 is 0 Å². The SMILES string of the molecule is CC1=C(O)C(=O)/C(=C2\C=C(N3CCCC3)C(=O)\C2=C\c2ccco2)O1. The molecule has 1 aliphatic carbocycles. The predicted molar refractivity (Wildman–Crippen MR) is 89.0 cm³/mol. The highest BCUT2D eigenvalue weighted by Crippen LogP contribution is 2.37. The van der Waals surface area contributed by atoms with Crippen LogP contribution in [0, 0.1) is 0 Å². The van der Waals surface area contributed by atoms with Crippen molar-refractivity contribution >= 4 is 17.6 Å². The minimum Gasteiger partial charge on any atom is -0.502 e. The fourth-order valence-electron chi connectivity index (χ4n) is 3.27. The number of Topliss-reactive ketones (excluding diaryl/α,β-unsaturated/α-hetero) is 2. The maximum Gasteiger partial charge on any atom is 0.266 e. The van der Waals surface area contributed by atoms with Gasteiger partial charge in [-0.25, -0.2) is 0 Å². The van der Waals surface area contributed by atoms with Gasteiger partial charge in [0.15, 0.2) is 5.76 Å². The van der Waals surface area contributed by atoms with E-state index in [0.29, 0.717) is 22.6 Å². The van der Waals surface area contributed by atoms with Crippen molar-refractivity contribution in [3.63, 3.8) is 0 Å². The average Bonchev–Trinajstić information content (AvgIpc) is 3.37. The van der Waals surface area contributed by atoms with Gasteiger partial charge in [-0.3, -0.25) is 9.59 Å². The van der Waals surface area contributed by atoms with E-state index in [2.05, 4.69) is 0 Å². The van der Waals surface area contributed by atoms with Crippen molar-refractivity contribution in [3.05, 3.63) is 64.4 Å². The monoisotopic (exact) mass is 339 g/mol. The summed E-state index contributed by atoms with van der Waals surface area (Å²) < 4.78 is 10.8. The number of allylic oxidation sites excluding steroid dienone is 4. The van der Waals surface area contributed by atoms with Gasteiger partial charge in [0.05, 0.1) is 12.0 Å². The minimum absolute atomic E-state index is 0.0182. The van der Waals surface area contributed by atoms with Crippen molar-refractivity contribution in [1.82, 2.24) is 4.90 Å². The first-order valence-corrected chi connectivity index (χ1v) is 8.20. The molecule has 0 amide bonds. The number of ether oxygens (including phenoxy) is 1. The van der Waals surface area contributed by atoms with Crippen LogP contribution in [0.2, 0.25) is 0 Å². The van der Waals surface area contributed by atoms with Crippen molar-refractivity contribution in [3.8, 4) is 0 Å². The molecule has 4 rings (SSSR count). The Balaban J connectivity index is 1.83. The lowest BCUT2D eigenvalue weighted by Gasteiger charge is -2.16. The zero-order chi connectivity index (χ0) is 17.6. The van der Waals surface area contributed by atoms with Crippen LogP contribution in [0.3, 0.4) is 0 Å². The van der Waals surface area contributed by atoms with Crippen LogP contribution in [-0.4, -0.2) is 34.7 Å². The maximum absolute atomic E-state index is 13.0. The van der Waals surface area contributed by atoms with Gasteiger partial charge in [-0.05, 0) is 44.1 Å². The molecular formula is C19H17NO5. The highest BCUT2D eigenvalue weighted by molar-refractivity contribution is 6.20. The number of hydrogen-bond acceptors (Lipinski definition) is 6. The first-order chi connectivity index (χ1) is 12.1. The molecular weight excluding hydrogens is 322 g/mol. The quantitative estimate of drug-likeness (QED) is 0.835. The summed E-state index contributed by atoms with van der Waals surface area (Å²) in [5, 5.41) is 9.80. The highest BCUT2D eigenvalue weighted by atomic mass is 16.5. The molecule has 1 N–H and O–H groups in total. The van der Waals surface area contributed by atoms with Crippen molar-refractivity contribution < 1.29 is 23.8 Å². The molecule has 6 nitrogen and oxygen atoms in total. The Morgan fingerprint density at radius 2 is 1.96 bits per heavy atom. The van der Waals surface area contributed by atoms with Gasteiger partial charge >= 0.3 is 0 Å². The van der Waals surface area contributed by atoms with Crippen LogP contribution in [0.25, 0.3) is 6.08 Å². The molecule has 0 atom stereocenters. The Morgan fingerprint density at radius 3 is 2.56 bits per heavy atom. The molecule has 3 aliphatic rings. The van der Waals surface area contributed by atoms with E-state index >= 15 is 0 Å². The Kier molecular flexibility index (Phi) is 3.60. The van der Waals surface area contributed by atoms with E-state index in [4.69, 9.17) is 9.15 Å². The van der Waals surface area contributed by atoms with Gasteiger partial charge in [-0.2, -0.15) is 0 Å². The number of carbonyl (C=O) groups is 2. The van der Waals surface area contributed by atoms with Crippen LogP contribution in [0.15, 0.2) is 63.0 Å². The average molecular weight is 339 g/mol. The smallest absolute Gasteiger partial charge is 0.266 e. The van der Waals surface area contributed by atoms with Gasteiger partial charge in [-0.1, -0.05) is 0 Å². The third kappa shape index (κ3) is 2.50. The fourth-order valence-corrected chi connectivity index (χ4v) is 3.27. The van der Waals surface area contributed by atoms with Gasteiger partial charge in [0.1, 0.15) is 11.5 Å². The zero-order valence-electron chi connectivity index (χ0n) is 13.7. The van der Waals surface area contributed by atoms with E-state index in [1.807, 2.05) is 4.90 Å². The number of ketones is 2. The van der Waals surface area contributed by atoms with E-state index < -0.39 is 11.5 Å². The number of aliphatic hydroxyl groups excluding tert-OH is 1. The Bertz CT molecular complexity index is 877. The summed E-state index contributed by atoms with van der Waals surface area (Å²) in [4.78, 5) is 27.3. The van der Waals surface area contributed by atoms with Gasteiger partial charge < -0.3 is 19.2 Å². The molecule has 1 fully saturated rings. The molecule has 0 saturated carbocycles. The van der Waals surface area contributed by atoms with Crippen molar-refractivity contribution in [1.29, 1.82) is 0 Å². The highest BCUT2D eigenvalue weighted by Gasteiger charge is 2.38. The molecule has 0 unspecified atom stereocenters. The number of furan rings is 1. The Hall–Kier alpha value is -3.02. The summed E-state index contributed by atoms with van der Waals surface area (Å²) in [6.07, 6.45) is 6.87. The normalized spacial score (nSPS) is 25.4. The van der Waals surface area contributed by atoms with Crippen LogP contribution in [-0.2, 0) is 14.3 Å². The molecule has 3 heterocycles. The van der Waals surface area contributed by atoms with Gasteiger partial charge in [0, 0.05) is 24.2 Å². The molecule has 0 radical (unpaired) electrons. The molecule has 6 heteroatoms. The largest absolute Gasteiger partial charge is 0.502 e. The number of likely N-dealkylation sites (tertiary alicyclic amines) is 1. The summed E-state index contributed by atoms with van der Waals surface area (Å²) in [6.45, 7) is 3.13. The van der Waals surface area contributed by atoms with E-state index in [1.54, 1.807) is 24.3 Å². The lowest BCUT2D eigenvalue weighted by Crippen LogP contribution is -2.22. The van der Waals surface area contributed by atoms with E-state index in [0.717, 1.165) is 25.9 Å². The predicted octanol–water partition coefficient (Wildman–Crippen LogP) is 2.87. The maximum atomic E-state index is 13.0. The standard InChI is InChI=1S/C19H17NO5/c1-11-16(21)18(23)19(25-11)14-10-15(20-6-2-3-7-20)17(22)13(14)9-12-5-4-8-24-12/h4-5,8-10,21H,2-3,6-7H2,1H3/b13-9+,19-14-. The van der Waals surface area contributed by atoms with Crippen LogP contribution in [0.1, 0.15) is 25.5 Å². The lowest BCUT2D eigenvalue weighted by atomic mass is 10.0. The molecule has 0 aromatic carbocycles. The molecule has 0 spiro atoms. The lowest BCUT2D eigenvalue weighted by molar-refractivity contribution is -0.115. The number of rotatable bonds is 2. The molecule has 2 aliphatic heterocycles. The first-order valence-electron chi connectivity index (χ1n) is 8.20. The summed E-state index contributed by atoms with van der Waals surface area (Å²) in [5.74, 6) is -0.561. The number of carbonyl (C=O) groups excluding carboxylic acids is 2. The second kappa shape index (κ2) is 5.81. The van der Waals surface area contributed by atoms with Crippen molar-refractivity contribution in [2.24, 2.45) is 0 Å². The van der Waals surface area contributed by atoms with Gasteiger partial charge in [0.25, 0.3) is 5.78 Å². The van der Waals surface area contributed by atoms with E-state index in [9.17, 15) is 14.7 Å². The number of aliphatic hydroxyl groups is 1. The third-order valence-electron chi connectivity index (χ3n) is 4.58. The Labute approximate surface area is 144 Å². The van der Waals surface area contributed by atoms with Crippen LogP contribution in [0.5, 0.6) is 0 Å². The van der Waals surface area contributed by atoms with Crippen molar-refractivity contribution in [2.45, 2.75) is 19.8 Å². The number of nitrogens with zero attached hydrogens (tertiary/aromatic N) is 1. The second-order valence-electron chi connectivity index (χ2n) is 6.21. The number of hydrogen-bond donors (Lipinski definition) is 1. The molecule has 1 saturated heterocycles. The van der Waals surface area contributed by atoms with Crippen LogP contribution < -0.4 is 0 Å². The van der Waals surface area contributed by atoms with Gasteiger partial charge in [-0.15, -0.1) is 0 Å². The minimum atomic E-state index is -0.607. The molecule has 128 valence electrons. The molecule has 25 heavy (non-hydrogen) atoms.